The van der Waals surface area contributed by atoms with Crippen LogP contribution in [-0.4, -0.2) is 60.8 Å². The molecule has 2 unspecified atom stereocenters. The lowest BCUT2D eigenvalue weighted by Gasteiger charge is -2.27. The average Bonchev–Trinajstić information content (AvgIpc) is 2.34. The Kier molecular flexibility index (Phi) is 4.16. The standard InChI is InChI=1S/C10H22N2O/c1-9(13)7-12-6-4-5-10(12)8-11(2)3/h9-10,13H,4-8H2,1-3H3. The van der Waals surface area contributed by atoms with E-state index in [-0.39, 0.29) is 6.10 Å². The molecule has 0 radical (unpaired) electrons. The van der Waals surface area contributed by atoms with E-state index < -0.39 is 0 Å². The van der Waals surface area contributed by atoms with Gasteiger partial charge in [0.1, 0.15) is 0 Å². The van der Waals surface area contributed by atoms with Crippen molar-refractivity contribution in [3.63, 3.8) is 0 Å². The van der Waals surface area contributed by atoms with Crippen LogP contribution in [0.2, 0.25) is 0 Å². The van der Waals surface area contributed by atoms with Crippen molar-refractivity contribution in [2.45, 2.75) is 31.9 Å². The fourth-order valence-corrected chi connectivity index (χ4v) is 2.10. The van der Waals surface area contributed by atoms with Crippen molar-refractivity contribution < 1.29 is 5.11 Å². The molecule has 0 bridgehead atoms. The summed E-state index contributed by atoms with van der Waals surface area (Å²) in [6, 6.07) is 0.657. The van der Waals surface area contributed by atoms with Crippen molar-refractivity contribution >= 4 is 0 Å². The maximum atomic E-state index is 9.31. The first-order chi connectivity index (χ1) is 6.09. The van der Waals surface area contributed by atoms with Crippen molar-refractivity contribution in [2.24, 2.45) is 0 Å². The van der Waals surface area contributed by atoms with Crippen molar-refractivity contribution in [3.8, 4) is 0 Å². The fourth-order valence-electron chi connectivity index (χ4n) is 2.10. The number of aliphatic hydroxyl groups excluding tert-OH is 1. The monoisotopic (exact) mass is 186 g/mol. The molecule has 0 saturated carbocycles. The first kappa shape index (κ1) is 11.0. The number of hydrogen-bond acceptors (Lipinski definition) is 3. The van der Waals surface area contributed by atoms with Crippen LogP contribution in [0, 0.1) is 0 Å². The van der Waals surface area contributed by atoms with Crippen LogP contribution >= 0.6 is 0 Å². The van der Waals surface area contributed by atoms with Crippen LogP contribution < -0.4 is 0 Å². The van der Waals surface area contributed by atoms with Gasteiger partial charge in [0.25, 0.3) is 0 Å². The van der Waals surface area contributed by atoms with E-state index in [1.54, 1.807) is 0 Å². The van der Waals surface area contributed by atoms with E-state index in [0.29, 0.717) is 6.04 Å². The van der Waals surface area contributed by atoms with Gasteiger partial charge in [-0.2, -0.15) is 0 Å². The second-order valence-corrected chi connectivity index (χ2v) is 4.40. The molecule has 1 heterocycles. The molecule has 0 amide bonds. The Balaban J connectivity index is 2.35. The molecular formula is C10H22N2O. The summed E-state index contributed by atoms with van der Waals surface area (Å²) >= 11 is 0. The molecule has 0 spiro atoms. The third kappa shape index (κ3) is 3.63. The second-order valence-electron chi connectivity index (χ2n) is 4.40. The lowest BCUT2D eigenvalue weighted by molar-refractivity contribution is 0.110. The Morgan fingerprint density at radius 2 is 2.23 bits per heavy atom. The van der Waals surface area contributed by atoms with E-state index in [1.807, 2.05) is 6.92 Å². The molecule has 2 atom stereocenters. The van der Waals surface area contributed by atoms with Gasteiger partial charge in [-0.1, -0.05) is 0 Å². The van der Waals surface area contributed by atoms with Gasteiger partial charge in [0.2, 0.25) is 0 Å². The molecule has 13 heavy (non-hydrogen) atoms. The first-order valence-corrected chi connectivity index (χ1v) is 5.16. The van der Waals surface area contributed by atoms with Crippen molar-refractivity contribution in [1.29, 1.82) is 0 Å². The Labute approximate surface area is 81.3 Å². The Hall–Kier alpha value is -0.120. The summed E-state index contributed by atoms with van der Waals surface area (Å²) < 4.78 is 0. The largest absolute Gasteiger partial charge is 0.392 e. The van der Waals surface area contributed by atoms with Crippen LogP contribution in [0.5, 0.6) is 0 Å². The van der Waals surface area contributed by atoms with E-state index in [4.69, 9.17) is 0 Å². The molecular weight excluding hydrogens is 164 g/mol. The van der Waals surface area contributed by atoms with Crippen molar-refractivity contribution in [2.75, 3.05) is 33.7 Å². The van der Waals surface area contributed by atoms with E-state index in [2.05, 4.69) is 23.9 Å². The highest BCUT2D eigenvalue weighted by atomic mass is 16.3. The molecule has 0 aliphatic carbocycles. The highest BCUT2D eigenvalue weighted by molar-refractivity contribution is 4.81. The van der Waals surface area contributed by atoms with Gasteiger partial charge in [-0.3, -0.25) is 4.90 Å². The molecule has 3 heteroatoms. The summed E-state index contributed by atoms with van der Waals surface area (Å²) in [5, 5.41) is 9.31. The number of nitrogens with zero attached hydrogens (tertiary/aromatic N) is 2. The average molecular weight is 186 g/mol. The zero-order valence-corrected chi connectivity index (χ0v) is 9.03. The van der Waals surface area contributed by atoms with Gasteiger partial charge in [0, 0.05) is 19.1 Å². The maximum absolute atomic E-state index is 9.31. The van der Waals surface area contributed by atoms with Gasteiger partial charge in [-0.05, 0) is 40.4 Å². The normalized spacial score (nSPS) is 27.0. The predicted octanol–water partition coefficient (Wildman–Crippen LogP) is 0.393. The Morgan fingerprint density at radius 1 is 1.54 bits per heavy atom. The molecule has 0 aromatic rings. The summed E-state index contributed by atoms with van der Waals surface area (Å²) in [7, 11) is 4.22. The van der Waals surface area contributed by atoms with Crippen LogP contribution in [0.3, 0.4) is 0 Å². The van der Waals surface area contributed by atoms with Gasteiger partial charge < -0.3 is 10.0 Å². The molecule has 3 nitrogen and oxygen atoms in total. The molecule has 1 saturated heterocycles. The zero-order chi connectivity index (χ0) is 9.84. The van der Waals surface area contributed by atoms with Gasteiger partial charge in [0.15, 0.2) is 0 Å². The fraction of sp³-hybridized carbons (Fsp3) is 1.00. The van der Waals surface area contributed by atoms with Gasteiger partial charge in [-0.25, -0.2) is 0 Å². The molecule has 1 aliphatic rings. The predicted molar refractivity (Wildman–Crippen MR) is 54.8 cm³/mol. The number of hydrogen-bond donors (Lipinski definition) is 1. The minimum Gasteiger partial charge on any atom is -0.392 e. The summed E-state index contributed by atoms with van der Waals surface area (Å²) in [6.45, 7) is 4.97. The van der Waals surface area contributed by atoms with Gasteiger partial charge in [-0.15, -0.1) is 0 Å². The summed E-state index contributed by atoms with van der Waals surface area (Å²) in [4.78, 5) is 4.63. The number of rotatable bonds is 4. The Morgan fingerprint density at radius 3 is 2.77 bits per heavy atom. The molecule has 0 aromatic heterocycles. The highest BCUT2D eigenvalue weighted by Crippen LogP contribution is 2.17. The molecule has 1 rings (SSSR count). The maximum Gasteiger partial charge on any atom is 0.0639 e. The molecule has 0 aromatic carbocycles. The minimum absolute atomic E-state index is 0.192. The smallest absolute Gasteiger partial charge is 0.0639 e. The van der Waals surface area contributed by atoms with Crippen molar-refractivity contribution in [1.82, 2.24) is 9.80 Å². The Bertz CT molecular complexity index is 132. The number of likely N-dealkylation sites (N-methyl/N-ethyl adjacent to an activating group) is 1. The van der Waals surface area contributed by atoms with Crippen molar-refractivity contribution in [3.05, 3.63) is 0 Å². The highest BCUT2D eigenvalue weighted by Gasteiger charge is 2.25. The topological polar surface area (TPSA) is 26.7 Å². The second kappa shape index (κ2) is 4.94. The van der Waals surface area contributed by atoms with E-state index in [9.17, 15) is 5.11 Å². The van der Waals surface area contributed by atoms with Gasteiger partial charge >= 0.3 is 0 Å². The van der Waals surface area contributed by atoms with Crippen LogP contribution in [0.25, 0.3) is 0 Å². The summed E-state index contributed by atoms with van der Waals surface area (Å²) in [5.41, 5.74) is 0. The quantitative estimate of drug-likeness (QED) is 0.688. The van der Waals surface area contributed by atoms with Crippen LogP contribution in [0.15, 0.2) is 0 Å². The van der Waals surface area contributed by atoms with E-state index in [1.165, 1.54) is 12.8 Å². The SMILES string of the molecule is CC(O)CN1CCCC1CN(C)C. The number of β-amino-alcohol motifs (C(OH)–C–C–N with tert-alkyl or cyclic N) is 1. The third-order valence-corrected chi connectivity index (χ3v) is 2.57. The van der Waals surface area contributed by atoms with Gasteiger partial charge in [0.05, 0.1) is 6.10 Å². The molecule has 78 valence electrons. The van der Waals surface area contributed by atoms with Crippen LogP contribution in [-0.2, 0) is 0 Å². The summed E-state index contributed by atoms with van der Waals surface area (Å²) in [5.74, 6) is 0. The molecule has 1 N–H and O–H groups in total. The first-order valence-electron chi connectivity index (χ1n) is 5.16. The van der Waals surface area contributed by atoms with E-state index in [0.717, 1.165) is 19.6 Å². The van der Waals surface area contributed by atoms with Crippen LogP contribution in [0.1, 0.15) is 19.8 Å². The third-order valence-electron chi connectivity index (χ3n) is 2.57. The lowest BCUT2D eigenvalue weighted by Crippen LogP contribution is -2.40. The zero-order valence-electron chi connectivity index (χ0n) is 9.03. The number of likely N-dealkylation sites (tertiary alicyclic amines) is 1. The van der Waals surface area contributed by atoms with Crippen LogP contribution in [0.4, 0.5) is 0 Å². The lowest BCUT2D eigenvalue weighted by atomic mass is 10.2. The summed E-state index contributed by atoms with van der Waals surface area (Å²) in [6.07, 6.45) is 2.37. The molecule has 1 aliphatic heterocycles. The van der Waals surface area contributed by atoms with E-state index >= 15 is 0 Å². The molecule has 1 fully saturated rings. The minimum atomic E-state index is -0.192. The number of aliphatic hydroxyl groups is 1.